The SMILES string of the molecule is CCCCCc1ccc(C2=CCc3cc(-c4cc(F)c(OC(F)(F)F)c(F)c4)c(F)cc3C2)cc1. The molecule has 0 aromatic heterocycles. The predicted octanol–water partition coefficient (Wildman–Crippen LogP) is 8.58. The van der Waals surface area contributed by atoms with Crippen LogP contribution in [0.15, 0.2) is 54.6 Å². The highest BCUT2D eigenvalue weighted by molar-refractivity contribution is 5.73. The third-order valence-electron chi connectivity index (χ3n) is 6.16. The topological polar surface area (TPSA) is 9.23 Å². The van der Waals surface area contributed by atoms with Crippen LogP contribution in [-0.2, 0) is 19.3 Å². The lowest BCUT2D eigenvalue weighted by Crippen LogP contribution is -2.19. The van der Waals surface area contributed by atoms with Crippen LogP contribution in [0.4, 0.5) is 26.3 Å². The van der Waals surface area contributed by atoms with Gasteiger partial charge in [0.25, 0.3) is 0 Å². The van der Waals surface area contributed by atoms with Gasteiger partial charge in [-0.05, 0) is 83.3 Å². The molecule has 0 amide bonds. The zero-order valence-electron chi connectivity index (χ0n) is 19.1. The molecule has 1 aliphatic carbocycles. The van der Waals surface area contributed by atoms with Crippen LogP contribution < -0.4 is 4.74 Å². The lowest BCUT2D eigenvalue weighted by Gasteiger charge is -2.20. The first-order valence-electron chi connectivity index (χ1n) is 11.5. The van der Waals surface area contributed by atoms with Gasteiger partial charge in [0.1, 0.15) is 5.82 Å². The van der Waals surface area contributed by atoms with Crippen molar-refractivity contribution in [2.24, 2.45) is 0 Å². The number of rotatable bonds is 7. The van der Waals surface area contributed by atoms with Gasteiger partial charge in [-0.25, -0.2) is 13.2 Å². The van der Waals surface area contributed by atoms with Gasteiger partial charge in [0.15, 0.2) is 11.6 Å². The molecule has 35 heavy (non-hydrogen) atoms. The summed E-state index contributed by atoms with van der Waals surface area (Å²) in [5, 5.41) is 0. The molecule has 0 saturated carbocycles. The van der Waals surface area contributed by atoms with Crippen LogP contribution in [0.5, 0.6) is 5.75 Å². The van der Waals surface area contributed by atoms with E-state index in [1.165, 1.54) is 30.5 Å². The number of alkyl halides is 3. The van der Waals surface area contributed by atoms with Gasteiger partial charge in [0.05, 0.1) is 0 Å². The molecule has 0 N–H and O–H groups in total. The molecular formula is C28H24F6O. The normalized spacial score (nSPS) is 13.4. The Bertz CT molecular complexity index is 1220. The van der Waals surface area contributed by atoms with Crippen molar-refractivity contribution in [1.29, 1.82) is 0 Å². The van der Waals surface area contributed by atoms with Crippen LogP contribution >= 0.6 is 0 Å². The molecule has 0 radical (unpaired) electrons. The standard InChI is InChI=1S/C28H24F6O/c1-2-3-4-5-17-6-8-18(9-7-17)19-10-11-20-13-23(24(29)14-21(20)12-19)22-15-25(30)27(26(31)16-22)35-28(32,33)34/h6-10,13-16H,2-5,11-12H2,1H3. The summed E-state index contributed by atoms with van der Waals surface area (Å²) in [6, 6.07) is 12.5. The number of unbranched alkanes of at least 4 members (excludes halogenated alkanes) is 2. The van der Waals surface area contributed by atoms with Gasteiger partial charge in [-0.3, -0.25) is 0 Å². The van der Waals surface area contributed by atoms with E-state index in [9.17, 15) is 26.3 Å². The summed E-state index contributed by atoms with van der Waals surface area (Å²) in [5.74, 6) is -5.40. The van der Waals surface area contributed by atoms with Gasteiger partial charge in [0.2, 0.25) is 5.75 Å². The van der Waals surface area contributed by atoms with E-state index in [4.69, 9.17) is 0 Å². The molecule has 0 saturated heterocycles. The maximum absolute atomic E-state index is 15.0. The van der Waals surface area contributed by atoms with Crippen molar-refractivity contribution in [3.63, 3.8) is 0 Å². The monoisotopic (exact) mass is 490 g/mol. The molecule has 0 atom stereocenters. The van der Waals surface area contributed by atoms with Crippen LogP contribution in [0.2, 0.25) is 0 Å². The zero-order valence-corrected chi connectivity index (χ0v) is 19.1. The summed E-state index contributed by atoms with van der Waals surface area (Å²) in [6.07, 6.45) is 2.34. The van der Waals surface area contributed by atoms with E-state index in [1.54, 1.807) is 0 Å². The fraction of sp³-hybridized carbons (Fsp3) is 0.286. The molecule has 1 nitrogen and oxygen atoms in total. The molecular weight excluding hydrogens is 466 g/mol. The maximum Gasteiger partial charge on any atom is 0.573 e. The van der Waals surface area contributed by atoms with E-state index in [0.29, 0.717) is 25.0 Å². The van der Waals surface area contributed by atoms with Gasteiger partial charge in [-0.2, -0.15) is 0 Å². The largest absolute Gasteiger partial charge is 0.573 e. The number of aryl methyl sites for hydroxylation is 1. The third kappa shape index (κ3) is 5.89. The molecule has 0 fully saturated rings. The average molecular weight is 490 g/mol. The van der Waals surface area contributed by atoms with Gasteiger partial charge < -0.3 is 4.74 Å². The molecule has 4 rings (SSSR count). The summed E-state index contributed by atoms with van der Waals surface area (Å²) < 4.78 is 83.9. The smallest absolute Gasteiger partial charge is 0.399 e. The van der Waals surface area contributed by atoms with Crippen molar-refractivity contribution >= 4 is 5.57 Å². The Morgan fingerprint density at radius 3 is 2.11 bits per heavy atom. The number of allylic oxidation sites excluding steroid dienone is 2. The quantitative estimate of drug-likeness (QED) is 0.238. The number of benzene rings is 3. The van der Waals surface area contributed by atoms with Crippen molar-refractivity contribution in [3.8, 4) is 16.9 Å². The summed E-state index contributed by atoms with van der Waals surface area (Å²) >= 11 is 0. The number of hydrogen-bond acceptors (Lipinski definition) is 1. The van der Waals surface area contributed by atoms with Crippen molar-refractivity contribution < 1.29 is 31.1 Å². The Kier molecular flexibility index (Phi) is 7.24. The second-order valence-corrected chi connectivity index (χ2v) is 8.68. The van der Waals surface area contributed by atoms with Gasteiger partial charge >= 0.3 is 6.36 Å². The molecule has 0 heterocycles. The third-order valence-corrected chi connectivity index (χ3v) is 6.16. The summed E-state index contributed by atoms with van der Waals surface area (Å²) in [5.41, 5.74) is 4.66. The first kappa shape index (κ1) is 24.9. The maximum atomic E-state index is 15.0. The van der Waals surface area contributed by atoms with Crippen molar-refractivity contribution in [2.75, 3.05) is 0 Å². The number of fused-ring (bicyclic) bond motifs is 1. The molecule has 1 aliphatic rings. The molecule has 0 spiro atoms. The minimum atomic E-state index is -5.25. The van der Waals surface area contributed by atoms with E-state index in [1.807, 2.05) is 6.08 Å². The Morgan fingerprint density at radius 1 is 0.800 bits per heavy atom. The number of halogens is 6. The van der Waals surface area contributed by atoms with Crippen molar-refractivity contribution in [1.82, 2.24) is 0 Å². The van der Waals surface area contributed by atoms with E-state index in [2.05, 4.69) is 35.9 Å². The highest BCUT2D eigenvalue weighted by Crippen LogP contribution is 2.36. The number of hydrogen-bond donors (Lipinski definition) is 0. The van der Waals surface area contributed by atoms with E-state index >= 15 is 0 Å². The van der Waals surface area contributed by atoms with Crippen LogP contribution in [0.25, 0.3) is 16.7 Å². The van der Waals surface area contributed by atoms with Crippen LogP contribution in [0.1, 0.15) is 48.4 Å². The van der Waals surface area contributed by atoms with Gasteiger partial charge in [0, 0.05) is 5.56 Å². The number of ether oxygens (including phenoxy) is 1. The van der Waals surface area contributed by atoms with Crippen molar-refractivity contribution in [3.05, 3.63) is 94.3 Å². The van der Waals surface area contributed by atoms with Crippen LogP contribution in [0.3, 0.4) is 0 Å². The molecule has 0 bridgehead atoms. The molecule has 0 aliphatic heterocycles. The lowest BCUT2D eigenvalue weighted by atomic mass is 9.86. The summed E-state index contributed by atoms with van der Waals surface area (Å²) in [6.45, 7) is 2.17. The van der Waals surface area contributed by atoms with Crippen LogP contribution in [-0.4, -0.2) is 6.36 Å². The molecule has 7 heteroatoms. The van der Waals surface area contributed by atoms with Gasteiger partial charge in [-0.15, -0.1) is 13.2 Å². The molecule has 0 unspecified atom stereocenters. The first-order valence-corrected chi connectivity index (χ1v) is 11.5. The minimum absolute atomic E-state index is 0.0895. The predicted molar refractivity (Wildman–Crippen MR) is 123 cm³/mol. The fourth-order valence-electron chi connectivity index (χ4n) is 4.36. The molecule has 3 aromatic carbocycles. The molecule has 3 aromatic rings. The summed E-state index contributed by atoms with van der Waals surface area (Å²) in [7, 11) is 0. The highest BCUT2D eigenvalue weighted by atomic mass is 19.4. The first-order chi connectivity index (χ1) is 16.6. The second-order valence-electron chi connectivity index (χ2n) is 8.68. The minimum Gasteiger partial charge on any atom is -0.399 e. The average Bonchev–Trinajstić information content (AvgIpc) is 2.80. The fourth-order valence-corrected chi connectivity index (χ4v) is 4.36. The van der Waals surface area contributed by atoms with E-state index in [-0.39, 0.29) is 11.1 Å². The Labute approximate surface area is 200 Å². The second kappa shape index (κ2) is 10.2. The Hall–Kier alpha value is -3.22. The zero-order chi connectivity index (χ0) is 25.2. The van der Waals surface area contributed by atoms with Crippen molar-refractivity contribution in [2.45, 2.75) is 51.8 Å². The van der Waals surface area contributed by atoms with Crippen LogP contribution in [0, 0.1) is 17.5 Å². The highest BCUT2D eigenvalue weighted by Gasteiger charge is 2.34. The Balaban J connectivity index is 1.55. The Morgan fingerprint density at radius 2 is 1.49 bits per heavy atom. The summed E-state index contributed by atoms with van der Waals surface area (Å²) in [4.78, 5) is 0. The molecule has 184 valence electrons. The van der Waals surface area contributed by atoms with E-state index in [0.717, 1.165) is 35.1 Å². The van der Waals surface area contributed by atoms with E-state index < -0.39 is 29.6 Å². The lowest BCUT2D eigenvalue weighted by molar-refractivity contribution is -0.276. The van der Waals surface area contributed by atoms with Gasteiger partial charge in [-0.1, -0.05) is 50.1 Å².